The molecule has 0 fully saturated rings. The molecule has 3 aromatic rings. The average Bonchev–Trinajstić information content (AvgIpc) is 3.11. The summed E-state index contributed by atoms with van der Waals surface area (Å²) in [5.41, 5.74) is 2.35. The third-order valence-electron chi connectivity index (χ3n) is 2.81. The van der Waals surface area contributed by atoms with E-state index in [4.69, 9.17) is 0 Å². The zero-order chi connectivity index (χ0) is 12.9. The first-order valence-electron chi connectivity index (χ1n) is 6.08. The predicted octanol–water partition coefficient (Wildman–Crippen LogP) is 3.00. The van der Waals surface area contributed by atoms with E-state index in [1.807, 2.05) is 4.68 Å². The molecule has 1 aromatic carbocycles. The molecule has 0 saturated heterocycles. The van der Waals surface area contributed by atoms with Crippen LogP contribution in [0.2, 0.25) is 0 Å². The fraction of sp³-hybridized carbons (Fsp3) is 0.143. The van der Waals surface area contributed by atoms with Crippen LogP contribution < -0.4 is 5.32 Å². The lowest BCUT2D eigenvalue weighted by molar-refractivity contribution is 0.685. The van der Waals surface area contributed by atoms with E-state index in [-0.39, 0.29) is 0 Å². The summed E-state index contributed by atoms with van der Waals surface area (Å²) in [6.45, 7) is 1.63. The highest BCUT2D eigenvalue weighted by Gasteiger charge is 1.98. The molecule has 0 bridgehead atoms. The summed E-state index contributed by atoms with van der Waals surface area (Å²) in [5, 5.41) is 9.60. The zero-order valence-electron chi connectivity index (χ0n) is 10.4. The third-order valence-corrected chi connectivity index (χ3v) is 3.69. The molecule has 0 aliphatic rings. The second-order valence-electron chi connectivity index (χ2n) is 4.22. The van der Waals surface area contributed by atoms with Gasteiger partial charge in [-0.05, 0) is 29.1 Å². The fourth-order valence-electron chi connectivity index (χ4n) is 1.83. The maximum Gasteiger partial charge on any atom is 0.137 e. The summed E-state index contributed by atoms with van der Waals surface area (Å²) < 4.78 is 1.81. The van der Waals surface area contributed by atoms with Crippen molar-refractivity contribution in [1.82, 2.24) is 14.8 Å². The van der Waals surface area contributed by atoms with Crippen molar-refractivity contribution < 1.29 is 0 Å². The molecule has 5 heteroatoms. The molecule has 0 aliphatic carbocycles. The lowest BCUT2D eigenvalue weighted by atomic mass is 10.2. The van der Waals surface area contributed by atoms with E-state index in [9.17, 15) is 0 Å². The third kappa shape index (κ3) is 3.20. The number of nitrogens with zero attached hydrogens (tertiary/aromatic N) is 3. The first-order valence-corrected chi connectivity index (χ1v) is 6.96. The van der Waals surface area contributed by atoms with Crippen LogP contribution in [0.5, 0.6) is 0 Å². The second kappa shape index (κ2) is 5.67. The number of aromatic nitrogens is 3. The maximum atomic E-state index is 4.10. The molecule has 3 rings (SSSR count). The standard InChI is InChI=1S/C14H14N4S/c1-2-14(19-7-1)8-16-13-5-3-12(4-6-13)9-18-11-15-10-17-18/h1-7,10-11,16H,8-9H2. The Morgan fingerprint density at radius 3 is 2.74 bits per heavy atom. The number of anilines is 1. The predicted molar refractivity (Wildman–Crippen MR) is 77.2 cm³/mol. The van der Waals surface area contributed by atoms with Gasteiger partial charge in [0.1, 0.15) is 12.7 Å². The van der Waals surface area contributed by atoms with Crippen LogP contribution in [-0.2, 0) is 13.1 Å². The van der Waals surface area contributed by atoms with Crippen molar-refractivity contribution in [3.8, 4) is 0 Å². The Morgan fingerprint density at radius 1 is 1.16 bits per heavy atom. The minimum Gasteiger partial charge on any atom is -0.380 e. The Balaban J connectivity index is 1.59. The Morgan fingerprint density at radius 2 is 2.05 bits per heavy atom. The summed E-state index contributed by atoms with van der Waals surface area (Å²) in [6, 6.07) is 12.6. The van der Waals surface area contributed by atoms with Gasteiger partial charge < -0.3 is 5.32 Å². The summed E-state index contributed by atoms with van der Waals surface area (Å²) in [4.78, 5) is 5.27. The molecule has 0 spiro atoms. The second-order valence-corrected chi connectivity index (χ2v) is 5.26. The van der Waals surface area contributed by atoms with Gasteiger partial charge in [0.15, 0.2) is 0 Å². The molecule has 2 aromatic heterocycles. The molecule has 0 amide bonds. The molecule has 0 atom stereocenters. The molecular weight excluding hydrogens is 256 g/mol. The summed E-state index contributed by atoms with van der Waals surface area (Å²) in [6.07, 6.45) is 3.28. The minimum absolute atomic E-state index is 0.755. The Kier molecular flexibility index (Phi) is 3.56. The Labute approximate surface area is 115 Å². The highest BCUT2D eigenvalue weighted by molar-refractivity contribution is 7.09. The van der Waals surface area contributed by atoms with Crippen molar-refractivity contribution in [2.45, 2.75) is 13.1 Å². The first kappa shape index (κ1) is 11.9. The Bertz CT molecular complexity index is 599. The van der Waals surface area contributed by atoms with Gasteiger partial charge in [-0.3, -0.25) is 0 Å². The number of nitrogens with one attached hydrogen (secondary N) is 1. The maximum absolute atomic E-state index is 4.10. The summed E-state index contributed by atoms with van der Waals surface area (Å²) in [5.74, 6) is 0. The van der Waals surface area contributed by atoms with Crippen molar-refractivity contribution in [3.05, 3.63) is 64.9 Å². The molecular formula is C14H14N4S. The summed E-state index contributed by atoms with van der Waals surface area (Å²) >= 11 is 1.77. The van der Waals surface area contributed by atoms with Gasteiger partial charge in [-0.25, -0.2) is 9.67 Å². The number of hydrogen-bond acceptors (Lipinski definition) is 4. The number of benzene rings is 1. The van der Waals surface area contributed by atoms with Crippen molar-refractivity contribution in [2.75, 3.05) is 5.32 Å². The van der Waals surface area contributed by atoms with E-state index in [1.54, 1.807) is 24.0 Å². The SMILES string of the molecule is c1csc(CNc2ccc(Cn3cncn3)cc2)c1. The largest absolute Gasteiger partial charge is 0.380 e. The number of hydrogen-bond donors (Lipinski definition) is 1. The minimum atomic E-state index is 0.755. The first-order chi connectivity index (χ1) is 9.40. The van der Waals surface area contributed by atoms with Crippen LogP contribution in [0.3, 0.4) is 0 Å². The number of thiophene rings is 1. The Hall–Kier alpha value is -2.14. The van der Waals surface area contributed by atoms with Crippen LogP contribution in [0.15, 0.2) is 54.4 Å². The molecule has 0 radical (unpaired) electrons. The van der Waals surface area contributed by atoms with Crippen LogP contribution >= 0.6 is 11.3 Å². The van der Waals surface area contributed by atoms with Gasteiger partial charge in [0.2, 0.25) is 0 Å². The van der Waals surface area contributed by atoms with E-state index in [0.717, 1.165) is 18.8 Å². The van der Waals surface area contributed by atoms with Gasteiger partial charge in [-0.15, -0.1) is 11.3 Å². The van der Waals surface area contributed by atoms with Gasteiger partial charge in [0.05, 0.1) is 6.54 Å². The highest BCUT2D eigenvalue weighted by Crippen LogP contribution is 2.14. The molecule has 96 valence electrons. The monoisotopic (exact) mass is 270 g/mol. The van der Waals surface area contributed by atoms with E-state index in [2.05, 4.69) is 57.2 Å². The topological polar surface area (TPSA) is 42.7 Å². The van der Waals surface area contributed by atoms with Crippen LogP contribution in [0, 0.1) is 0 Å². The molecule has 19 heavy (non-hydrogen) atoms. The highest BCUT2D eigenvalue weighted by atomic mass is 32.1. The van der Waals surface area contributed by atoms with Crippen molar-refractivity contribution in [2.24, 2.45) is 0 Å². The summed E-state index contributed by atoms with van der Waals surface area (Å²) in [7, 11) is 0. The van der Waals surface area contributed by atoms with Gasteiger partial charge in [0.25, 0.3) is 0 Å². The van der Waals surface area contributed by atoms with E-state index in [1.165, 1.54) is 10.4 Å². The van der Waals surface area contributed by atoms with Gasteiger partial charge in [0, 0.05) is 17.1 Å². The van der Waals surface area contributed by atoms with Crippen LogP contribution in [0.25, 0.3) is 0 Å². The molecule has 4 nitrogen and oxygen atoms in total. The van der Waals surface area contributed by atoms with Gasteiger partial charge in [-0.2, -0.15) is 5.10 Å². The molecule has 1 N–H and O–H groups in total. The van der Waals surface area contributed by atoms with Crippen LogP contribution in [0.4, 0.5) is 5.69 Å². The quantitative estimate of drug-likeness (QED) is 0.775. The van der Waals surface area contributed by atoms with Crippen molar-refractivity contribution in [1.29, 1.82) is 0 Å². The van der Waals surface area contributed by atoms with E-state index in [0.29, 0.717) is 0 Å². The fourth-order valence-corrected chi connectivity index (χ4v) is 2.48. The van der Waals surface area contributed by atoms with E-state index < -0.39 is 0 Å². The van der Waals surface area contributed by atoms with Crippen LogP contribution in [-0.4, -0.2) is 14.8 Å². The smallest absolute Gasteiger partial charge is 0.137 e. The van der Waals surface area contributed by atoms with Crippen LogP contribution in [0.1, 0.15) is 10.4 Å². The normalized spacial score (nSPS) is 10.5. The molecule has 0 unspecified atom stereocenters. The molecule has 0 aliphatic heterocycles. The average molecular weight is 270 g/mol. The lowest BCUT2D eigenvalue weighted by Gasteiger charge is -2.06. The molecule has 2 heterocycles. The lowest BCUT2D eigenvalue weighted by Crippen LogP contribution is -2.01. The number of rotatable bonds is 5. The van der Waals surface area contributed by atoms with E-state index >= 15 is 0 Å². The van der Waals surface area contributed by atoms with Gasteiger partial charge >= 0.3 is 0 Å². The molecule has 0 saturated carbocycles. The van der Waals surface area contributed by atoms with Crippen molar-refractivity contribution >= 4 is 17.0 Å². The van der Waals surface area contributed by atoms with Crippen molar-refractivity contribution in [3.63, 3.8) is 0 Å². The van der Waals surface area contributed by atoms with Gasteiger partial charge in [-0.1, -0.05) is 18.2 Å². The zero-order valence-corrected chi connectivity index (χ0v) is 11.2.